The number of H-pyrrole nitrogens is 1. The standard InChI is InChI=1S/C86H116FN17O20/c1-52(106)73(99-83(123)85(3,46-58-26-21-22-28-62(58)87)100-81(121)74(53(2)107)98-69(108)48-91-76(116)64(38-39-71(111)112)97-84(124)86(4)40-23-41-103(86)82(122)63(88)44-60-47-90-51-92-60)80(120)96-68(50-105)79(119)95-67(45-72(113)114)78(118)94-66(77(117)93-65(75(89)115)42-54-30-34-57(35-31-54)56-24-17-16-18-25-56)43-55-32-36-61(37-33-55)104-49-59(101-102-104)27-19-14-12-10-8-6-5-7-9-11-13-15-20-29-70(109)110/h16-18,21-22,24-26,28,30-37,47,49,51-53,63-68,73-74,105-107H,5-15,19-20,23,27,29,38-46,48,50,88H2,1-4H3,(H2,89,115)(H,90,92)(H,91,116)(H,93,117)(H,94,118)(H,95,119)(H,96,120)(H,97,124)(H,98,108)(H,99,123)(H,100,121)(H,109,110)(H,111,112)(H,113,114)/t52-,53-,63+,64+,65+,66+,67+,68+,73+,74+,85?,86+/m1/s1. The highest BCUT2D eigenvalue weighted by Gasteiger charge is 2.48. The van der Waals surface area contributed by atoms with Crippen LogP contribution in [0.4, 0.5) is 4.39 Å². The minimum absolute atomic E-state index is 0.0259. The second kappa shape index (κ2) is 49.0. The van der Waals surface area contributed by atoms with Gasteiger partial charge in [-0.1, -0.05) is 161 Å². The highest BCUT2D eigenvalue weighted by atomic mass is 19.1. The molecule has 1 saturated heterocycles. The number of hydrogen-bond donors (Lipinski definition) is 18. The normalized spacial score (nSPS) is 16.0. The van der Waals surface area contributed by atoms with Crippen LogP contribution in [0.5, 0.6) is 0 Å². The maximum absolute atomic E-state index is 15.6. The van der Waals surface area contributed by atoms with E-state index in [1.807, 2.05) is 42.5 Å². The molecule has 0 saturated carbocycles. The number of carbonyl (C=O) groups excluding carboxylic acids is 11. The molecule has 3 heterocycles. The fraction of sp³-hybridized carbons (Fsp3) is 0.500. The van der Waals surface area contributed by atoms with Crippen molar-refractivity contribution in [2.75, 3.05) is 19.7 Å². The molecule has 1 aliphatic rings. The highest BCUT2D eigenvalue weighted by Crippen LogP contribution is 2.31. The van der Waals surface area contributed by atoms with E-state index in [1.165, 1.54) is 55.6 Å². The Morgan fingerprint density at radius 3 is 1.70 bits per heavy atom. The van der Waals surface area contributed by atoms with Gasteiger partial charge in [-0.3, -0.25) is 67.1 Å². The number of aromatic amines is 1. The molecule has 0 radical (unpaired) electrons. The smallest absolute Gasteiger partial charge is 0.305 e. The second-order valence-corrected chi connectivity index (χ2v) is 31.7. The Morgan fingerprint density at radius 2 is 1.12 bits per heavy atom. The second-order valence-electron chi connectivity index (χ2n) is 31.7. The average Bonchev–Trinajstić information content (AvgIpc) is 1.62. The van der Waals surface area contributed by atoms with Crippen molar-refractivity contribution in [2.45, 2.75) is 253 Å². The Morgan fingerprint density at radius 1 is 0.581 bits per heavy atom. The molecule has 2 aromatic heterocycles. The number of aryl methyl sites for hydroxylation is 1. The zero-order chi connectivity index (χ0) is 90.6. The van der Waals surface area contributed by atoms with Gasteiger partial charge in [0.2, 0.25) is 65.0 Å². The maximum atomic E-state index is 15.6. The summed E-state index contributed by atoms with van der Waals surface area (Å²) in [5.41, 5.74) is 12.5. The van der Waals surface area contributed by atoms with Crippen molar-refractivity contribution in [2.24, 2.45) is 11.5 Å². The molecular weight excluding hydrogens is 1610 g/mol. The Kier molecular flexibility index (Phi) is 39.0. The number of primary amides is 1. The number of likely N-dealkylation sites (tertiary alicyclic amines) is 1. The van der Waals surface area contributed by atoms with Gasteiger partial charge < -0.3 is 99.8 Å². The number of aliphatic hydroxyl groups excluding tert-OH is 3. The Labute approximate surface area is 716 Å². The van der Waals surface area contributed by atoms with Gasteiger partial charge in [0.05, 0.1) is 67.4 Å². The summed E-state index contributed by atoms with van der Waals surface area (Å²) in [6.45, 7) is 2.38. The van der Waals surface area contributed by atoms with Crippen LogP contribution in [-0.4, -0.2) is 235 Å². The molecule has 20 N–H and O–H groups in total. The highest BCUT2D eigenvalue weighted by molar-refractivity contribution is 6.01. The number of carbonyl (C=O) groups is 14. The summed E-state index contributed by atoms with van der Waals surface area (Å²) in [6, 6.07) is 13.9. The van der Waals surface area contributed by atoms with Gasteiger partial charge >= 0.3 is 17.9 Å². The number of rotatable bonds is 54. The first-order valence-corrected chi connectivity index (χ1v) is 41.7. The van der Waals surface area contributed by atoms with Crippen LogP contribution in [0, 0.1) is 5.82 Å². The number of hydrogen-bond acceptors (Lipinski definition) is 21. The quantitative estimate of drug-likeness (QED) is 0.0242. The van der Waals surface area contributed by atoms with Crippen molar-refractivity contribution in [1.82, 2.24) is 77.7 Å². The third-order valence-electron chi connectivity index (χ3n) is 21.6. The Hall–Kier alpha value is -12.4. The van der Waals surface area contributed by atoms with Crippen LogP contribution in [0.1, 0.15) is 178 Å². The summed E-state index contributed by atoms with van der Waals surface area (Å²) in [4.78, 5) is 198. The number of imidazole rings is 1. The van der Waals surface area contributed by atoms with Crippen molar-refractivity contribution in [3.05, 3.63) is 156 Å². The summed E-state index contributed by atoms with van der Waals surface area (Å²) < 4.78 is 17.2. The number of nitrogens with two attached hydrogens (primary N) is 2. The number of aliphatic hydroxyl groups is 3. The van der Waals surface area contributed by atoms with Crippen molar-refractivity contribution in [3.8, 4) is 16.8 Å². The van der Waals surface area contributed by atoms with Crippen LogP contribution >= 0.6 is 0 Å². The van der Waals surface area contributed by atoms with E-state index in [9.17, 15) is 92.7 Å². The topological polar surface area (TPSA) is 583 Å². The van der Waals surface area contributed by atoms with Crippen LogP contribution in [-0.2, 0) is 99.2 Å². The predicted octanol–water partition coefficient (Wildman–Crippen LogP) is 1.83. The van der Waals surface area contributed by atoms with E-state index in [-0.39, 0.29) is 44.2 Å². The number of amides is 11. The number of carboxylic acids is 3. The van der Waals surface area contributed by atoms with E-state index < -0.39 is 199 Å². The number of benzene rings is 4. The lowest BCUT2D eigenvalue weighted by atomic mass is 9.90. The lowest BCUT2D eigenvalue weighted by molar-refractivity contribution is -0.146. The predicted molar refractivity (Wildman–Crippen MR) is 448 cm³/mol. The van der Waals surface area contributed by atoms with Crippen LogP contribution in [0.3, 0.4) is 0 Å². The minimum Gasteiger partial charge on any atom is -0.481 e. The van der Waals surface area contributed by atoms with Crippen molar-refractivity contribution in [1.29, 1.82) is 0 Å². The summed E-state index contributed by atoms with van der Waals surface area (Å²) in [5, 5.41) is 90.9. The van der Waals surface area contributed by atoms with Gasteiger partial charge in [-0.2, -0.15) is 0 Å². The zero-order valence-electron chi connectivity index (χ0n) is 70.1. The summed E-state index contributed by atoms with van der Waals surface area (Å²) in [6.07, 6.45) is 12.7. The van der Waals surface area contributed by atoms with E-state index in [1.54, 1.807) is 53.5 Å². The van der Waals surface area contributed by atoms with E-state index in [4.69, 9.17) is 16.6 Å². The molecule has 124 heavy (non-hydrogen) atoms. The van der Waals surface area contributed by atoms with E-state index in [2.05, 4.69) is 68.1 Å². The average molecular weight is 1730 g/mol. The van der Waals surface area contributed by atoms with E-state index in [0.717, 1.165) is 108 Å². The molecule has 1 aliphatic heterocycles. The van der Waals surface area contributed by atoms with Crippen molar-refractivity contribution in [3.63, 3.8) is 0 Å². The lowest BCUT2D eigenvalue weighted by Crippen LogP contribution is -2.67. The number of aliphatic carboxylic acids is 3. The molecule has 1 unspecified atom stereocenters. The molecule has 1 fully saturated rings. The van der Waals surface area contributed by atoms with Gasteiger partial charge in [-0.25, -0.2) is 14.1 Å². The third-order valence-corrected chi connectivity index (χ3v) is 21.6. The number of carboxylic acid groups (broad SMARTS) is 3. The number of halogens is 1. The van der Waals surface area contributed by atoms with Crippen molar-refractivity contribution >= 4 is 82.9 Å². The van der Waals surface area contributed by atoms with Gasteiger partial charge in [-0.15, -0.1) is 5.10 Å². The molecule has 37 nitrogen and oxygen atoms in total. The third kappa shape index (κ3) is 31.2. The summed E-state index contributed by atoms with van der Waals surface area (Å²) >= 11 is 0. The van der Waals surface area contributed by atoms with Crippen LogP contribution < -0.4 is 59.3 Å². The van der Waals surface area contributed by atoms with E-state index >= 15 is 4.39 Å². The van der Waals surface area contributed by atoms with Gasteiger partial charge in [0.25, 0.3) is 0 Å². The fourth-order valence-electron chi connectivity index (χ4n) is 14.4. The lowest BCUT2D eigenvalue weighted by Gasteiger charge is -2.36. The molecule has 0 spiro atoms. The Bertz CT molecular complexity index is 4580. The molecule has 0 bridgehead atoms. The van der Waals surface area contributed by atoms with Gasteiger partial charge in [0.1, 0.15) is 59.2 Å². The maximum Gasteiger partial charge on any atom is 0.305 e. The number of unbranched alkanes of at least 4 members (excludes halogenated alkanes) is 12. The van der Waals surface area contributed by atoms with Gasteiger partial charge in [0, 0.05) is 51.3 Å². The van der Waals surface area contributed by atoms with Crippen molar-refractivity contribution < 1.29 is 102 Å². The largest absolute Gasteiger partial charge is 0.481 e. The van der Waals surface area contributed by atoms with Crippen LogP contribution in [0.25, 0.3) is 16.8 Å². The molecule has 6 aromatic rings. The summed E-state index contributed by atoms with van der Waals surface area (Å²) in [7, 11) is 0. The molecule has 38 heteroatoms. The first-order valence-electron chi connectivity index (χ1n) is 41.7. The van der Waals surface area contributed by atoms with Crippen LogP contribution in [0.15, 0.2) is 122 Å². The molecule has 11 amide bonds. The monoisotopic (exact) mass is 1730 g/mol. The molecule has 7 rings (SSSR count). The van der Waals surface area contributed by atoms with Gasteiger partial charge in [0.15, 0.2) is 0 Å². The minimum atomic E-state index is -2.44. The first-order chi connectivity index (χ1) is 59.1. The number of nitrogens with zero attached hydrogens (tertiary/aromatic N) is 5. The number of nitrogens with one attached hydrogen (secondary N) is 10. The summed E-state index contributed by atoms with van der Waals surface area (Å²) in [5.74, 6) is -17.1. The Balaban J connectivity index is 1.01. The fourth-order valence-corrected chi connectivity index (χ4v) is 14.4. The first kappa shape index (κ1) is 98.7. The molecule has 12 atom stereocenters. The molecule has 4 aromatic carbocycles. The van der Waals surface area contributed by atoms with E-state index in [0.29, 0.717) is 35.3 Å². The molecule has 0 aliphatic carbocycles. The molecular formula is C86H116FN17O20. The zero-order valence-corrected chi connectivity index (χ0v) is 70.1. The number of aromatic nitrogens is 5. The van der Waals surface area contributed by atoms with Crippen LogP contribution in [0.2, 0.25) is 0 Å². The van der Waals surface area contributed by atoms with Gasteiger partial charge in [-0.05, 0) is 112 Å². The SMILES string of the molecule is C[C@@H](O)[C@H](NC(=O)CNC(=O)[C@H](CCC(=O)O)NC(=O)[C@]1(C)CCCN1C(=O)[C@@H](N)Cc1c[nH]cn1)C(=O)NC(C)(Cc1ccccc1F)C(=O)N[C@H](C(=O)N[C@@H](CO)C(=O)N[C@@H](CC(=O)O)C(=O)N[C@@H](Cc1ccc(-n2cc(CCCCCCCCCCCCCCCC(=O)O)nn2)cc1)C(=O)N[C@@H](Cc1ccc(-c2ccccc2)cc1)C(N)=O)[C@@H](C)O. The molecule has 672 valence electrons.